The predicted octanol–water partition coefficient (Wildman–Crippen LogP) is 3.61. The number of benzene rings is 1. The van der Waals surface area contributed by atoms with Crippen molar-refractivity contribution in [2.75, 3.05) is 13.6 Å². The molecule has 3 unspecified atom stereocenters. The number of ketones is 1. The first-order chi connectivity index (χ1) is 14.0. The van der Waals surface area contributed by atoms with Crippen LogP contribution in [0, 0.1) is 18.8 Å². The molecule has 3 atom stereocenters. The van der Waals surface area contributed by atoms with E-state index in [2.05, 4.69) is 33.2 Å². The minimum absolute atomic E-state index is 0.170. The highest BCUT2D eigenvalue weighted by atomic mass is 32.1. The van der Waals surface area contributed by atoms with Gasteiger partial charge in [0.2, 0.25) is 0 Å². The number of nitrogens with zero attached hydrogens (tertiary/aromatic N) is 3. The summed E-state index contributed by atoms with van der Waals surface area (Å²) in [5.74, 6) is 1.36. The average Bonchev–Trinajstić information content (AvgIpc) is 3.45. The van der Waals surface area contributed by atoms with Crippen LogP contribution in [-0.2, 0) is 4.79 Å². The summed E-state index contributed by atoms with van der Waals surface area (Å²) in [5, 5.41) is 18.2. The number of carbonyl (C=O) groups is 2. The summed E-state index contributed by atoms with van der Waals surface area (Å²) in [6.07, 6.45) is 3.03. The zero-order valence-corrected chi connectivity index (χ0v) is 17.3. The molecule has 1 saturated heterocycles. The van der Waals surface area contributed by atoms with E-state index >= 15 is 0 Å². The summed E-state index contributed by atoms with van der Waals surface area (Å²) >= 11 is 1.63. The van der Waals surface area contributed by atoms with Crippen LogP contribution in [0.25, 0.3) is 21.5 Å². The highest BCUT2D eigenvalue weighted by Crippen LogP contribution is 2.43. The van der Waals surface area contributed by atoms with Gasteiger partial charge in [-0.25, -0.2) is 4.98 Å². The molecule has 2 fully saturated rings. The Labute approximate surface area is 172 Å². The molecule has 2 aliphatic rings. The van der Waals surface area contributed by atoms with Crippen LogP contribution in [0.15, 0.2) is 23.6 Å². The smallest absolute Gasteiger partial charge is 0.290 e. The van der Waals surface area contributed by atoms with Gasteiger partial charge in [-0.15, -0.1) is 11.3 Å². The molecule has 29 heavy (non-hydrogen) atoms. The quantitative estimate of drug-likeness (QED) is 0.502. The maximum atomic E-state index is 13.0. The van der Waals surface area contributed by atoms with Gasteiger partial charge in [0.25, 0.3) is 6.47 Å². The van der Waals surface area contributed by atoms with E-state index in [4.69, 9.17) is 9.90 Å². The molecule has 1 aliphatic carbocycles. The summed E-state index contributed by atoms with van der Waals surface area (Å²) < 4.78 is 0. The second-order valence-corrected chi connectivity index (χ2v) is 8.80. The van der Waals surface area contributed by atoms with E-state index in [-0.39, 0.29) is 12.3 Å². The van der Waals surface area contributed by atoms with Gasteiger partial charge in [-0.3, -0.25) is 14.7 Å². The minimum Gasteiger partial charge on any atom is -0.483 e. The number of hydrogen-bond donors (Lipinski definition) is 2. The predicted molar refractivity (Wildman–Crippen MR) is 112 cm³/mol. The molecule has 3 heterocycles. The van der Waals surface area contributed by atoms with Gasteiger partial charge in [-0.1, -0.05) is 0 Å². The average molecular weight is 413 g/mol. The van der Waals surface area contributed by atoms with Gasteiger partial charge in [0.1, 0.15) is 10.7 Å². The monoisotopic (exact) mass is 412 g/mol. The molecule has 152 valence electrons. The maximum Gasteiger partial charge on any atom is 0.290 e. The second-order valence-electron chi connectivity index (χ2n) is 7.94. The molecule has 8 heteroatoms. The fourth-order valence-corrected chi connectivity index (χ4v) is 5.51. The summed E-state index contributed by atoms with van der Waals surface area (Å²) in [4.78, 5) is 28.3. The molecule has 1 aliphatic heterocycles. The van der Waals surface area contributed by atoms with Crippen molar-refractivity contribution in [1.82, 2.24) is 20.1 Å². The number of H-pyrrole nitrogens is 1. The van der Waals surface area contributed by atoms with E-state index in [1.807, 2.05) is 24.4 Å². The number of aryl methyl sites for hydroxylation is 1. The number of aromatic amines is 1. The molecule has 0 amide bonds. The molecule has 5 rings (SSSR count). The number of carbonyl (C=O) groups excluding carboxylic acids is 1. The van der Waals surface area contributed by atoms with Crippen LogP contribution in [0.4, 0.5) is 0 Å². The van der Waals surface area contributed by atoms with Crippen molar-refractivity contribution in [2.45, 2.75) is 32.2 Å². The van der Waals surface area contributed by atoms with Crippen molar-refractivity contribution in [2.24, 2.45) is 11.8 Å². The zero-order valence-electron chi connectivity index (χ0n) is 16.5. The Morgan fingerprint density at radius 2 is 2.21 bits per heavy atom. The number of carboxylic acid groups (broad SMARTS) is 1. The van der Waals surface area contributed by atoms with Crippen LogP contribution in [0.1, 0.15) is 35.4 Å². The summed E-state index contributed by atoms with van der Waals surface area (Å²) in [6.45, 7) is 2.88. The Balaban J connectivity index is 0.000000645. The number of piperidine rings is 1. The van der Waals surface area contributed by atoms with Gasteiger partial charge in [-0.2, -0.15) is 5.10 Å². The molecule has 3 aromatic rings. The van der Waals surface area contributed by atoms with Crippen LogP contribution >= 0.6 is 11.3 Å². The van der Waals surface area contributed by atoms with E-state index in [0.717, 1.165) is 40.1 Å². The molecular formula is C21H24N4O3S. The molecule has 1 saturated carbocycles. The molecule has 2 N–H and O–H groups in total. The number of aromatic nitrogens is 3. The largest absolute Gasteiger partial charge is 0.483 e. The second kappa shape index (κ2) is 8.04. The molecule has 7 nitrogen and oxygen atoms in total. The van der Waals surface area contributed by atoms with Crippen molar-refractivity contribution in [1.29, 1.82) is 0 Å². The highest BCUT2D eigenvalue weighted by molar-refractivity contribution is 7.13. The Bertz CT molecular complexity index is 1040. The maximum absolute atomic E-state index is 13.0. The zero-order chi connectivity index (χ0) is 20.5. The van der Waals surface area contributed by atoms with E-state index in [0.29, 0.717) is 30.0 Å². The normalized spacial score (nSPS) is 23.2. The van der Waals surface area contributed by atoms with Crippen LogP contribution in [0.2, 0.25) is 0 Å². The van der Waals surface area contributed by atoms with Gasteiger partial charge in [0.05, 0.1) is 5.52 Å². The fraction of sp³-hybridized carbons (Fsp3) is 0.429. The molecule has 2 bridgehead atoms. The Kier molecular flexibility index (Phi) is 5.47. The third-order valence-electron chi connectivity index (χ3n) is 6.10. The number of thiazole rings is 1. The fourth-order valence-electron chi connectivity index (χ4n) is 4.71. The Hall–Kier alpha value is -2.58. The van der Waals surface area contributed by atoms with Gasteiger partial charge in [-0.05, 0) is 56.8 Å². The van der Waals surface area contributed by atoms with Crippen LogP contribution in [0.5, 0.6) is 0 Å². The van der Waals surface area contributed by atoms with E-state index < -0.39 is 0 Å². The number of fused-ring (bicyclic) bond motifs is 3. The lowest BCUT2D eigenvalue weighted by molar-refractivity contribution is -0.122. The van der Waals surface area contributed by atoms with Crippen molar-refractivity contribution >= 4 is 34.5 Å². The highest BCUT2D eigenvalue weighted by Gasteiger charge is 2.43. The van der Waals surface area contributed by atoms with Gasteiger partial charge in [0.15, 0.2) is 5.78 Å². The molecule has 0 radical (unpaired) electrons. The van der Waals surface area contributed by atoms with Crippen molar-refractivity contribution in [3.63, 3.8) is 0 Å². The lowest BCUT2D eigenvalue weighted by Gasteiger charge is -2.27. The molecule has 1 aromatic carbocycles. The number of hydrogen-bond acceptors (Lipinski definition) is 6. The van der Waals surface area contributed by atoms with E-state index in [9.17, 15) is 4.79 Å². The Morgan fingerprint density at radius 3 is 2.83 bits per heavy atom. The first-order valence-corrected chi connectivity index (χ1v) is 10.6. The number of likely N-dealkylation sites (tertiary alicyclic amines) is 1. The van der Waals surface area contributed by atoms with E-state index in [1.54, 1.807) is 11.3 Å². The third-order valence-corrected chi connectivity index (χ3v) is 7.11. The van der Waals surface area contributed by atoms with Gasteiger partial charge in [0, 0.05) is 41.0 Å². The summed E-state index contributed by atoms with van der Waals surface area (Å²) in [6, 6.07) is 6.77. The van der Waals surface area contributed by atoms with Crippen LogP contribution in [-0.4, -0.2) is 57.1 Å². The van der Waals surface area contributed by atoms with Crippen molar-refractivity contribution in [3.8, 4) is 10.6 Å². The Morgan fingerprint density at radius 1 is 1.41 bits per heavy atom. The van der Waals surface area contributed by atoms with Crippen LogP contribution in [0.3, 0.4) is 0 Å². The molecular weight excluding hydrogens is 388 g/mol. The molecule has 2 aromatic heterocycles. The van der Waals surface area contributed by atoms with Gasteiger partial charge >= 0.3 is 0 Å². The first-order valence-electron chi connectivity index (χ1n) is 9.72. The summed E-state index contributed by atoms with van der Waals surface area (Å²) in [5.41, 5.74) is 3.58. The van der Waals surface area contributed by atoms with Crippen molar-refractivity contribution in [3.05, 3.63) is 35.0 Å². The lowest BCUT2D eigenvalue weighted by Crippen LogP contribution is -2.32. The van der Waals surface area contributed by atoms with Crippen molar-refractivity contribution < 1.29 is 14.7 Å². The first kappa shape index (κ1) is 19.7. The third kappa shape index (κ3) is 3.82. The number of rotatable bonds is 4. The van der Waals surface area contributed by atoms with Gasteiger partial charge < -0.3 is 10.0 Å². The van der Waals surface area contributed by atoms with Crippen LogP contribution < -0.4 is 0 Å². The minimum atomic E-state index is -0.250. The molecule has 0 spiro atoms. The topological polar surface area (TPSA) is 99.2 Å². The summed E-state index contributed by atoms with van der Waals surface area (Å²) in [7, 11) is 2.20. The lowest BCUT2D eigenvalue weighted by atomic mass is 9.88. The standard InChI is InChI=1S/C20H22N4OS.CH2O2/c1-11-10-26-20(21-11)12-3-4-17-16(7-12)19(23-22-17)18(25)8-13-5-15-6-14(13)9-24(15)2;2-1-3/h3-4,7,10,13-15H,5-6,8-9H2,1-2H3,(H,22,23);1H,(H,2,3). The SMILES string of the molecule is Cc1csc(-c2ccc3[nH]nc(C(=O)CC4CC5CC4CN5C)c3c2)n1.O=CO. The van der Waals surface area contributed by atoms with E-state index in [1.165, 1.54) is 6.42 Å². The number of Topliss-reactive ketones (excluding diaryl/α,β-unsaturated/α-hetero) is 1. The number of nitrogens with one attached hydrogen (secondary N) is 1.